The molecule has 1 amide bonds. The predicted molar refractivity (Wildman–Crippen MR) is 140 cm³/mol. The van der Waals surface area contributed by atoms with Crippen LogP contribution in [0.3, 0.4) is 0 Å². The maximum Gasteiger partial charge on any atom is 0.270 e. The molecule has 0 unspecified atom stereocenters. The van der Waals surface area contributed by atoms with E-state index in [1.54, 1.807) is 12.1 Å². The van der Waals surface area contributed by atoms with E-state index < -0.39 is 10.8 Å². The number of thiocarbonyl (C=S) groups is 1. The number of oxazole rings is 1. The number of nitrogens with one attached hydrogen (secondary N) is 2. The van der Waals surface area contributed by atoms with Gasteiger partial charge in [0, 0.05) is 23.4 Å². The number of anilines is 1. The van der Waals surface area contributed by atoms with Crippen LogP contribution in [-0.2, 0) is 0 Å². The van der Waals surface area contributed by atoms with Gasteiger partial charge in [-0.2, -0.15) is 0 Å². The fraction of sp³-hybridized carbons (Fsp3) is 0.160. The monoisotopic (exact) mass is 508 g/mol. The minimum Gasteiger partial charge on any atom is -0.436 e. The second kappa shape index (κ2) is 10.2. The van der Waals surface area contributed by atoms with Crippen LogP contribution in [0.5, 0.6) is 0 Å². The lowest BCUT2D eigenvalue weighted by atomic mass is 9.98. The normalized spacial score (nSPS) is 11.7. The molecule has 0 radical (unpaired) electrons. The summed E-state index contributed by atoms with van der Waals surface area (Å²) in [6.45, 7) is 4.32. The first-order valence-electron chi connectivity index (χ1n) is 10.8. The number of non-ortho nitro benzene ring substituents is 1. The van der Waals surface area contributed by atoms with E-state index >= 15 is 0 Å². The second-order valence-electron chi connectivity index (χ2n) is 7.97. The van der Waals surface area contributed by atoms with Gasteiger partial charge in [0.05, 0.1) is 15.5 Å². The molecular weight excluding hydrogens is 488 g/mol. The summed E-state index contributed by atoms with van der Waals surface area (Å²) in [6.07, 6.45) is 1.04. The highest BCUT2D eigenvalue weighted by atomic mass is 35.5. The summed E-state index contributed by atoms with van der Waals surface area (Å²) in [5, 5.41) is 16.3. The zero-order valence-corrected chi connectivity index (χ0v) is 20.4. The molecule has 8 nitrogen and oxygen atoms in total. The standard InChI is InChI=1S/C25H21ClN4O4S/c1-3-14(2)15-7-10-22-21(12-15)28-24(34-22)16-5-4-6-17(11-16)27-25(35)29-23(31)19-9-8-18(30(32)33)13-20(19)26/h4-14H,3H2,1-2H3,(H2,27,29,31,35)/t14-/m0/s1. The lowest BCUT2D eigenvalue weighted by Gasteiger charge is -2.11. The maximum absolute atomic E-state index is 12.5. The SMILES string of the molecule is CC[C@H](C)c1ccc2oc(-c3cccc(NC(=S)NC(=O)c4ccc([N+](=O)[O-])cc4Cl)c3)nc2c1. The van der Waals surface area contributed by atoms with Crippen LogP contribution in [0, 0.1) is 10.1 Å². The Bertz CT molecular complexity index is 1450. The summed E-state index contributed by atoms with van der Waals surface area (Å²) < 4.78 is 5.94. The summed E-state index contributed by atoms with van der Waals surface area (Å²) in [5.41, 5.74) is 3.92. The Morgan fingerprint density at radius 1 is 1.20 bits per heavy atom. The number of benzene rings is 3. The zero-order chi connectivity index (χ0) is 25.1. The lowest BCUT2D eigenvalue weighted by molar-refractivity contribution is -0.384. The highest BCUT2D eigenvalue weighted by Gasteiger charge is 2.16. The number of hydrogen-bond donors (Lipinski definition) is 2. The summed E-state index contributed by atoms with van der Waals surface area (Å²) in [7, 11) is 0. The highest BCUT2D eigenvalue weighted by molar-refractivity contribution is 7.80. The molecule has 0 aliphatic rings. The van der Waals surface area contributed by atoms with E-state index in [4.69, 9.17) is 28.2 Å². The van der Waals surface area contributed by atoms with Crippen LogP contribution in [0.25, 0.3) is 22.6 Å². The molecule has 1 heterocycles. The van der Waals surface area contributed by atoms with Crippen molar-refractivity contribution in [2.45, 2.75) is 26.2 Å². The topological polar surface area (TPSA) is 110 Å². The van der Waals surface area contributed by atoms with Crippen molar-refractivity contribution in [3.63, 3.8) is 0 Å². The number of amides is 1. The third-order valence-electron chi connectivity index (χ3n) is 5.60. The molecular formula is C25H21ClN4O4S. The minimum absolute atomic E-state index is 0.0392. The van der Waals surface area contributed by atoms with Crippen LogP contribution in [0.2, 0.25) is 5.02 Å². The largest absolute Gasteiger partial charge is 0.436 e. The smallest absolute Gasteiger partial charge is 0.270 e. The van der Waals surface area contributed by atoms with Gasteiger partial charge < -0.3 is 9.73 Å². The molecule has 0 saturated heterocycles. The van der Waals surface area contributed by atoms with Crippen molar-refractivity contribution in [3.05, 3.63) is 86.9 Å². The highest BCUT2D eigenvalue weighted by Crippen LogP contribution is 2.29. The van der Waals surface area contributed by atoms with Crippen molar-refractivity contribution in [2.75, 3.05) is 5.32 Å². The molecule has 0 fully saturated rings. The minimum atomic E-state index is -0.589. The average molecular weight is 509 g/mol. The number of halogens is 1. The molecule has 178 valence electrons. The Kier molecular flexibility index (Phi) is 7.09. The summed E-state index contributed by atoms with van der Waals surface area (Å²) in [6, 6.07) is 16.9. The molecule has 0 aliphatic carbocycles. The number of carbonyl (C=O) groups is 1. The summed E-state index contributed by atoms with van der Waals surface area (Å²) in [4.78, 5) is 27.4. The molecule has 2 N–H and O–H groups in total. The number of nitro groups is 1. The number of carbonyl (C=O) groups excluding carboxylic acids is 1. The lowest BCUT2D eigenvalue weighted by Crippen LogP contribution is -2.34. The fourth-order valence-corrected chi connectivity index (χ4v) is 3.95. The van der Waals surface area contributed by atoms with Crippen molar-refractivity contribution in [1.82, 2.24) is 10.3 Å². The Labute approximate surface area is 211 Å². The summed E-state index contributed by atoms with van der Waals surface area (Å²) in [5.74, 6) is 0.316. The number of hydrogen-bond acceptors (Lipinski definition) is 6. The molecule has 0 spiro atoms. The van der Waals surface area contributed by atoms with Gasteiger partial charge in [0.25, 0.3) is 11.6 Å². The van der Waals surface area contributed by atoms with E-state index in [2.05, 4.69) is 35.5 Å². The first kappa shape index (κ1) is 24.3. The molecule has 0 saturated carbocycles. The third kappa shape index (κ3) is 5.47. The number of fused-ring (bicyclic) bond motifs is 1. The molecule has 1 atom stereocenters. The van der Waals surface area contributed by atoms with Gasteiger partial charge in [-0.15, -0.1) is 0 Å². The first-order valence-corrected chi connectivity index (χ1v) is 11.6. The van der Waals surface area contributed by atoms with E-state index in [1.165, 1.54) is 17.7 Å². The Morgan fingerprint density at radius 2 is 2.00 bits per heavy atom. The van der Waals surface area contributed by atoms with E-state index in [0.717, 1.165) is 23.6 Å². The van der Waals surface area contributed by atoms with Crippen LogP contribution in [-0.4, -0.2) is 20.9 Å². The van der Waals surface area contributed by atoms with Gasteiger partial charge in [-0.1, -0.05) is 37.6 Å². The average Bonchev–Trinajstić information content (AvgIpc) is 3.27. The third-order valence-corrected chi connectivity index (χ3v) is 6.11. The number of nitro benzene ring substituents is 1. The number of nitrogens with zero attached hydrogens (tertiary/aromatic N) is 2. The second-order valence-corrected chi connectivity index (χ2v) is 8.78. The van der Waals surface area contributed by atoms with E-state index in [-0.39, 0.29) is 21.4 Å². The number of aromatic nitrogens is 1. The fourth-order valence-electron chi connectivity index (χ4n) is 3.47. The van der Waals surface area contributed by atoms with Crippen LogP contribution in [0.4, 0.5) is 11.4 Å². The van der Waals surface area contributed by atoms with Crippen molar-refractivity contribution in [3.8, 4) is 11.5 Å². The molecule has 10 heteroatoms. The molecule has 4 aromatic rings. The van der Waals surface area contributed by atoms with Gasteiger partial charge in [-0.25, -0.2) is 4.98 Å². The summed E-state index contributed by atoms with van der Waals surface area (Å²) >= 11 is 11.3. The predicted octanol–water partition coefficient (Wildman–Crippen LogP) is 6.70. The van der Waals surface area contributed by atoms with Crippen molar-refractivity contribution in [2.24, 2.45) is 0 Å². The van der Waals surface area contributed by atoms with Gasteiger partial charge in [0.1, 0.15) is 5.52 Å². The quantitative estimate of drug-likeness (QED) is 0.169. The van der Waals surface area contributed by atoms with Gasteiger partial charge in [0.15, 0.2) is 10.7 Å². The van der Waals surface area contributed by atoms with Crippen LogP contribution < -0.4 is 10.6 Å². The van der Waals surface area contributed by atoms with Crippen LogP contribution >= 0.6 is 23.8 Å². The molecule has 0 aliphatic heterocycles. The van der Waals surface area contributed by atoms with Gasteiger partial charge in [-0.05, 0) is 66.5 Å². The Balaban J connectivity index is 1.48. The van der Waals surface area contributed by atoms with Gasteiger partial charge >= 0.3 is 0 Å². The van der Waals surface area contributed by atoms with E-state index in [9.17, 15) is 14.9 Å². The van der Waals surface area contributed by atoms with Crippen molar-refractivity contribution >= 4 is 57.3 Å². The van der Waals surface area contributed by atoms with Crippen molar-refractivity contribution < 1.29 is 14.1 Å². The Morgan fingerprint density at radius 3 is 2.71 bits per heavy atom. The number of rotatable bonds is 6. The molecule has 35 heavy (non-hydrogen) atoms. The van der Waals surface area contributed by atoms with Crippen LogP contribution in [0.15, 0.2) is 65.1 Å². The van der Waals surface area contributed by atoms with E-state index in [1.807, 2.05) is 24.3 Å². The van der Waals surface area contributed by atoms with E-state index in [0.29, 0.717) is 23.1 Å². The Hall–Kier alpha value is -3.82. The maximum atomic E-state index is 12.5. The molecule has 1 aromatic heterocycles. The van der Waals surface area contributed by atoms with Gasteiger partial charge in [0.2, 0.25) is 5.89 Å². The van der Waals surface area contributed by atoms with Crippen LogP contribution in [0.1, 0.15) is 42.1 Å². The van der Waals surface area contributed by atoms with Gasteiger partial charge in [-0.3, -0.25) is 20.2 Å². The zero-order valence-electron chi connectivity index (χ0n) is 18.9. The first-order chi connectivity index (χ1) is 16.7. The molecule has 0 bridgehead atoms. The van der Waals surface area contributed by atoms with Crippen molar-refractivity contribution in [1.29, 1.82) is 0 Å². The molecule has 3 aromatic carbocycles. The molecule has 4 rings (SSSR count).